The Labute approximate surface area is 112 Å². The molecule has 0 aromatic heterocycles. The van der Waals surface area contributed by atoms with Gasteiger partial charge in [0.25, 0.3) is 0 Å². The first-order valence-electron chi connectivity index (χ1n) is 6.00. The van der Waals surface area contributed by atoms with Crippen LogP contribution in [0.15, 0.2) is 24.3 Å². The summed E-state index contributed by atoms with van der Waals surface area (Å²) in [7, 11) is 4.61. The lowest BCUT2D eigenvalue weighted by Crippen LogP contribution is -2.60. The zero-order valence-corrected chi connectivity index (χ0v) is 11.3. The van der Waals surface area contributed by atoms with E-state index in [0.29, 0.717) is 11.3 Å². The third-order valence-corrected chi connectivity index (χ3v) is 3.92. The second-order valence-corrected chi connectivity index (χ2v) is 4.79. The fourth-order valence-electron chi connectivity index (χ4n) is 2.64. The van der Waals surface area contributed by atoms with Crippen LogP contribution in [0.25, 0.3) is 0 Å². The van der Waals surface area contributed by atoms with Crippen molar-refractivity contribution in [2.45, 2.75) is 24.0 Å². The summed E-state index contributed by atoms with van der Waals surface area (Å²) in [6, 6.07) is 7.13. The summed E-state index contributed by atoms with van der Waals surface area (Å²) in [6.45, 7) is 0. The molecule has 0 heterocycles. The highest BCUT2D eigenvalue weighted by Gasteiger charge is 2.61. The number of carboxylic acid groups (broad SMARTS) is 1. The van der Waals surface area contributed by atoms with Crippen LogP contribution >= 0.6 is 0 Å². The molecule has 2 rings (SSSR count). The van der Waals surface area contributed by atoms with Crippen LogP contribution in [0.3, 0.4) is 0 Å². The first kappa shape index (κ1) is 13.8. The van der Waals surface area contributed by atoms with Gasteiger partial charge in [-0.25, -0.2) is 0 Å². The molecule has 1 N–H and O–H groups in total. The lowest BCUT2D eigenvalue weighted by Gasteiger charge is -2.51. The Morgan fingerprint density at radius 3 is 2.32 bits per heavy atom. The largest absolute Gasteiger partial charge is 0.497 e. The molecule has 1 aromatic carbocycles. The summed E-state index contributed by atoms with van der Waals surface area (Å²) in [5.74, 6) is -1.03. The van der Waals surface area contributed by atoms with Gasteiger partial charge in [-0.05, 0) is 17.7 Å². The van der Waals surface area contributed by atoms with Gasteiger partial charge in [0.05, 0.1) is 7.11 Å². The van der Waals surface area contributed by atoms with E-state index in [1.165, 1.54) is 14.2 Å². The topological polar surface area (TPSA) is 65.0 Å². The molecule has 1 aliphatic carbocycles. The number of methoxy groups -OCH3 is 3. The summed E-state index contributed by atoms with van der Waals surface area (Å²) >= 11 is 0. The molecule has 1 aromatic rings. The molecule has 0 saturated heterocycles. The van der Waals surface area contributed by atoms with Crippen molar-refractivity contribution in [3.8, 4) is 5.75 Å². The number of rotatable bonds is 5. The van der Waals surface area contributed by atoms with E-state index in [4.69, 9.17) is 14.2 Å². The molecular weight excluding hydrogens is 248 g/mol. The van der Waals surface area contributed by atoms with Crippen molar-refractivity contribution in [2.24, 2.45) is 0 Å². The van der Waals surface area contributed by atoms with Gasteiger partial charge in [-0.2, -0.15) is 0 Å². The first-order chi connectivity index (χ1) is 9.02. The molecule has 0 radical (unpaired) electrons. The van der Waals surface area contributed by atoms with E-state index < -0.39 is 17.2 Å². The minimum absolute atomic E-state index is 0.287. The van der Waals surface area contributed by atoms with Gasteiger partial charge in [0.15, 0.2) is 5.79 Å². The van der Waals surface area contributed by atoms with E-state index >= 15 is 0 Å². The van der Waals surface area contributed by atoms with Crippen molar-refractivity contribution in [3.05, 3.63) is 29.8 Å². The Kier molecular flexibility index (Phi) is 3.52. The fraction of sp³-hybridized carbons (Fsp3) is 0.500. The monoisotopic (exact) mass is 266 g/mol. The second-order valence-electron chi connectivity index (χ2n) is 4.79. The number of carbonyl (C=O) groups is 1. The molecule has 0 amide bonds. The number of hydrogen-bond donors (Lipinski definition) is 1. The van der Waals surface area contributed by atoms with Crippen LogP contribution in [0.1, 0.15) is 18.4 Å². The molecule has 1 saturated carbocycles. The van der Waals surface area contributed by atoms with Gasteiger partial charge in [0, 0.05) is 27.1 Å². The van der Waals surface area contributed by atoms with Gasteiger partial charge in [-0.15, -0.1) is 0 Å². The van der Waals surface area contributed by atoms with E-state index in [1.54, 1.807) is 31.4 Å². The standard InChI is InChI=1S/C14H18O5/c1-17-11-6-4-5-10(7-11)13(12(15)16)8-14(9-13,18-2)19-3/h4-7H,8-9H2,1-3H3,(H,15,16). The molecule has 0 unspecified atom stereocenters. The predicted molar refractivity (Wildman–Crippen MR) is 68.3 cm³/mol. The minimum atomic E-state index is -0.972. The highest BCUT2D eigenvalue weighted by Crippen LogP contribution is 2.53. The highest BCUT2D eigenvalue weighted by atomic mass is 16.7. The molecule has 104 valence electrons. The van der Waals surface area contributed by atoms with Crippen molar-refractivity contribution in [2.75, 3.05) is 21.3 Å². The molecule has 0 bridgehead atoms. The van der Waals surface area contributed by atoms with Crippen LogP contribution in [0, 0.1) is 0 Å². The number of ether oxygens (including phenoxy) is 3. The molecule has 5 nitrogen and oxygen atoms in total. The van der Waals surface area contributed by atoms with Crippen LogP contribution in [-0.2, 0) is 19.7 Å². The van der Waals surface area contributed by atoms with Crippen LogP contribution in [0.5, 0.6) is 5.75 Å². The number of hydrogen-bond acceptors (Lipinski definition) is 4. The molecule has 0 aliphatic heterocycles. The average Bonchev–Trinajstić information content (AvgIpc) is 2.39. The Balaban J connectivity index is 2.35. The van der Waals surface area contributed by atoms with Crippen LogP contribution < -0.4 is 4.74 Å². The van der Waals surface area contributed by atoms with Gasteiger partial charge < -0.3 is 19.3 Å². The molecule has 1 fully saturated rings. The van der Waals surface area contributed by atoms with Gasteiger partial charge in [-0.1, -0.05) is 12.1 Å². The number of carboxylic acids is 1. The first-order valence-corrected chi connectivity index (χ1v) is 6.00. The lowest BCUT2D eigenvalue weighted by molar-refractivity contribution is -0.277. The van der Waals surface area contributed by atoms with E-state index in [0.717, 1.165) is 0 Å². The molecular formula is C14H18O5. The summed E-state index contributed by atoms with van der Waals surface area (Å²) < 4.78 is 15.7. The van der Waals surface area contributed by atoms with E-state index in [9.17, 15) is 9.90 Å². The third kappa shape index (κ3) is 2.09. The number of aliphatic carboxylic acids is 1. The van der Waals surface area contributed by atoms with E-state index in [-0.39, 0.29) is 12.8 Å². The zero-order valence-electron chi connectivity index (χ0n) is 11.3. The zero-order chi connectivity index (χ0) is 14.1. The average molecular weight is 266 g/mol. The highest BCUT2D eigenvalue weighted by molar-refractivity contribution is 5.83. The Morgan fingerprint density at radius 2 is 1.84 bits per heavy atom. The Bertz CT molecular complexity index is 470. The molecule has 19 heavy (non-hydrogen) atoms. The van der Waals surface area contributed by atoms with E-state index in [2.05, 4.69) is 0 Å². The predicted octanol–water partition coefficient (Wildman–Crippen LogP) is 1.80. The normalized spacial score (nSPS) is 19.5. The van der Waals surface area contributed by atoms with Crippen LogP contribution in [-0.4, -0.2) is 38.2 Å². The minimum Gasteiger partial charge on any atom is -0.497 e. The Morgan fingerprint density at radius 1 is 1.21 bits per heavy atom. The SMILES string of the molecule is COc1cccc(C2(C(=O)O)CC(OC)(OC)C2)c1. The summed E-state index contributed by atoms with van der Waals surface area (Å²) in [5, 5.41) is 9.57. The van der Waals surface area contributed by atoms with Crippen molar-refractivity contribution in [1.29, 1.82) is 0 Å². The van der Waals surface area contributed by atoms with E-state index in [1.807, 2.05) is 0 Å². The van der Waals surface area contributed by atoms with Crippen molar-refractivity contribution < 1.29 is 24.1 Å². The summed E-state index contributed by atoms with van der Waals surface area (Å²) in [4.78, 5) is 11.7. The van der Waals surface area contributed by atoms with Crippen LogP contribution in [0.2, 0.25) is 0 Å². The number of benzene rings is 1. The third-order valence-electron chi connectivity index (χ3n) is 3.92. The smallest absolute Gasteiger partial charge is 0.314 e. The Hall–Kier alpha value is -1.59. The molecule has 5 heteroatoms. The molecule has 0 atom stereocenters. The summed E-state index contributed by atoms with van der Waals surface area (Å²) in [5.41, 5.74) is -0.260. The summed E-state index contributed by atoms with van der Waals surface area (Å²) in [6.07, 6.45) is 0.574. The fourth-order valence-corrected chi connectivity index (χ4v) is 2.64. The second kappa shape index (κ2) is 4.83. The van der Waals surface area contributed by atoms with Crippen molar-refractivity contribution in [1.82, 2.24) is 0 Å². The van der Waals surface area contributed by atoms with Crippen molar-refractivity contribution >= 4 is 5.97 Å². The maximum absolute atomic E-state index is 11.7. The lowest BCUT2D eigenvalue weighted by atomic mass is 9.60. The molecule has 0 spiro atoms. The maximum Gasteiger partial charge on any atom is 0.314 e. The van der Waals surface area contributed by atoms with Crippen LogP contribution in [0.4, 0.5) is 0 Å². The van der Waals surface area contributed by atoms with Crippen molar-refractivity contribution in [3.63, 3.8) is 0 Å². The van der Waals surface area contributed by atoms with Gasteiger partial charge in [-0.3, -0.25) is 4.79 Å². The quantitative estimate of drug-likeness (QED) is 0.823. The maximum atomic E-state index is 11.7. The molecule has 1 aliphatic rings. The van der Waals surface area contributed by atoms with Gasteiger partial charge in [0.1, 0.15) is 11.2 Å². The van der Waals surface area contributed by atoms with Gasteiger partial charge in [0.2, 0.25) is 0 Å². The van der Waals surface area contributed by atoms with Gasteiger partial charge >= 0.3 is 5.97 Å².